The smallest absolute Gasteiger partial charge is 0.113 e. The van der Waals surface area contributed by atoms with Crippen molar-refractivity contribution in [1.29, 1.82) is 0 Å². The summed E-state index contributed by atoms with van der Waals surface area (Å²) in [5, 5.41) is 0. The summed E-state index contributed by atoms with van der Waals surface area (Å²) in [4.78, 5) is 0. The van der Waals surface area contributed by atoms with Crippen LogP contribution in [0.4, 0.5) is 48.3 Å². The van der Waals surface area contributed by atoms with Crippen LogP contribution in [0.2, 0.25) is 0 Å². The number of hydrogen-bond donors (Lipinski definition) is 0. The molecule has 0 aromatic heterocycles. The van der Waals surface area contributed by atoms with E-state index in [1.54, 1.807) is 83.1 Å². The lowest BCUT2D eigenvalue weighted by Gasteiger charge is -2.39. The topological polar surface area (TPSA) is 0 Å². The zero-order valence-electron chi connectivity index (χ0n) is 85.7. The van der Waals surface area contributed by atoms with Crippen molar-refractivity contribution in [2.45, 2.75) is 575 Å². The molecular weight excluding hydrogens is 1420 g/mol. The summed E-state index contributed by atoms with van der Waals surface area (Å²) in [5.74, 6) is 3.76. The number of hydrogen-bond acceptors (Lipinski definition) is 0. The van der Waals surface area contributed by atoms with Crippen molar-refractivity contribution in [2.24, 2.45) is 81.8 Å². The van der Waals surface area contributed by atoms with Gasteiger partial charge in [-0.3, -0.25) is 0 Å². The van der Waals surface area contributed by atoms with Crippen molar-refractivity contribution in [3.8, 4) is 0 Å². The van der Waals surface area contributed by atoms with Crippen LogP contribution >= 0.6 is 0 Å². The molecule has 0 bridgehead atoms. The van der Waals surface area contributed by atoms with Gasteiger partial charge in [0.2, 0.25) is 0 Å². The Bertz CT molecular complexity index is 1940. The monoisotopic (exact) mass is 1640 g/mol. The molecule has 11 heteroatoms. The molecule has 0 nitrogen and oxygen atoms in total. The van der Waals surface area contributed by atoms with Gasteiger partial charge in [-0.25, -0.2) is 48.3 Å². The molecule has 0 aliphatic carbocycles. The van der Waals surface area contributed by atoms with Gasteiger partial charge in [-0.2, -0.15) is 0 Å². The summed E-state index contributed by atoms with van der Waals surface area (Å²) in [6, 6.07) is 0. The Morgan fingerprint density at radius 3 is 0.562 bits per heavy atom. The summed E-state index contributed by atoms with van der Waals surface area (Å²) in [6.07, 6.45) is 21.8. The van der Waals surface area contributed by atoms with E-state index in [0.29, 0.717) is 119 Å². The zero-order valence-corrected chi connectivity index (χ0v) is 85.7. The number of alkyl halides is 11. The number of halogens is 11. The Balaban J connectivity index is -0.000000112. The Hall–Kier alpha value is -0.770. The fourth-order valence-corrected chi connectivity index (χ4v) is 16.5. The maximum atomic E-state index is 14.3. The highest BCUT2D eigenvalue weighted by atomic mass is 19.2. The zero-order chi connectivity index (χ0) is 92.5. The van der Waals surface area contributed by atoms with Gasteiger partial charge < -0.3 is 0 Å². The van der Waals surface area contributed by atoms with Crippen molar-refractivity contribution in [1.82, 2.24) is 0 Å². The van der Waals surface area contributed by atoms with Gasteiger partial charge in [-0.05, 0) is 263 Å². The van der Waals surface area contributed by atoms with Gasteiger partial charge in [0.25, 0.3) is 0 Å². The quantitative estimate of drug-likeness (QED) is 0.0535. The van der Waals surface area contributed by atoms with Gasteiger partial charge >= 0.3 is 0 Å². The minimum atomic E-state index is -1.04. The first-order valence-corrected chi connectivity index (χ1v) is 46.9. The molecule has 112 heavy (non-hydrogen) atoms. The predicted molar refractivity (Wildman–Crippen MR) is 492 cm³/mol. The van der Waals surface area contributed by atoms with Crippen LogP contribution in [-0.2, 0) is 0 Å². The van der Waals surface area contributed by atoms with Gasteiger partial charge in [-0.15, -0.1) is 0 Å². The first kappa shape index (κ1) is 135. The molecule has 0 aliphatic heterocycles. The average Bonchev–Trinajstić information content (AvgIpc) is 0.803. The first-order chi connectivity index (χ1) is 50.3. The van der Waals surface area contributed by atoms with Crippen LogP contribution in [0.1, 0.15) is 513 Å². The van der Waals surface area contributed by atoms with Gasteiger partial charge in [0, 0.05) is 10.8 Å². The van der Waals surface area contributed by atoms with E-state index < -0.39 is 62.4 Å². The normalized spacial score (nSPS) is 16.4. The van der Waals surface area contributed by atoms with Gasteiger partial charge in [0.15, 0.2) is 0 Å². The molecule has 0 fully saturated rings. The lowest BCUT2D eigenvalue weighted by atomic mass is 9.70. The Labute approximate surface area is 701 Å². The highest BCUT2D eigenvalue weighted by Gasteiger charge is 2.43. The average molecular weight is 1640 g/mol. The summed E-state index contributed by atoms with van der Waals surface area (Å²) >= 11 is 0. The van der Waals surface area contributed by atoms with Gasteiger partial charge in [0.05, 0.1) is 0 Å². The van der Waals surface area contributed by atoms with E-state index in [1.165, 1.54) is 0 Å². The first-order valence-electron chi connectivity index (χ1n) is 46.9. The molecule has 0 aromatic rings. The van der Waals surface area contributed by atoms with Gasteiger partial charge in [-0.1, -0.05) is 320 Å². The Morgan fingerprint density at radius 1 is 0.196 bits per heavy atom. The lowest BCUT2D eigenvalue weighted by Crippen LogP contribution is -2.39. The van der Waals surface area contributed by atoms with Crippen molar-refractivity contribution < 1.29 is 48.3 Å². The van der Waals surface area contributed by atoms with E-state index in [0.717, 1.165) is 89.9 Å². The van der Waals surface area contributed by atoms with E-state index in [-0.39, 0.29) is 46.3 Å². The molecule has 0 radical (unpaired) electrons. The fourth-order valence-electron chi connectivity index (χ4n) is 16.5. The molecular formula is C101H213F11. The van der Waals surface area contributed by atoms with Crippen LogP contribution in [-0.4, -0.2) is 62.4 Å². The van der Waals surface area contributed by atoms with E-state index in [1.807, 2.05) is 104 Å². The molecule has 0 saturated heterocycles. The maximum Gasteiger partial charge on any atom is 0.113 e. The molecule has 0 aliphatic rings. The second kappa shape index (κ2) is 66.9. The highest BCUT2D eigenvalue weighted by Crippen LogP contribution is 2.45. The predicted octanol–water partition coefficient (Wildman–Crippen LogP) is 39.5. The lowest BCUT2D eigenvalue weighted by molar-refractivity contribution is 0.00460. The second-order valence-corrected chi connectivity index (χ2v) is 39.3. The van der Waals surface area contributed by atoms with Crippen molar-refractivity contribution in [3.05, 3.63) is 0 Å². The molecule has 0 heterocycles. The molecule has 0 spiro atoms. The highest BCUT2D eigenvalue weighted by molar-refractivity contribution is 4.93. The summed E-state index contributed by atoms with van der Waals surface area (Å²) in [6.45, 7) is 95.6. The SMILES string of the molecule is CC(C)C(C(C)C)C(C)(C)F.CCC(C)(F)C(C)(CC)CC.CCC(C)(F)CC.CCC(CC)C(C)(F)CC.CCCC(C)(F)CC.CCCC(C)(F)CCC.CCC[C@](C)(F)C(C(C)C)C(C)C.CCC[C@](C)(F)C(C)(CC)CC.CCC[C@](C)(F)C(CC)CC.CC[C@](C)(F)C(C(C)C)C(C)C.CC[C@](C)(F)C(C)C. The largest absolute Gasteiger partial charge is 0.244 e. The van der Waals surface area contributed by atoms with Crippen LogP contribution in [0.3, 0.4) is 0 Å². The summed E-state index contributed by atoms with van der Waals surface area (Å²) in [5.41, 5.74) is -10.9. The standard InChI is InChI=1S/C12H25F.2C11H23F.3C10H21F.C9H19F.C8H17F.2C7H15F.C6H13F/c1-7-8-12(6,13)11(9(2)3)10(4)5;1-7-11(6,12)10(8(2)3)9(4)5;1-6-9-11(5,12)10(4,7-2)8-3;1-7(2)9(8(3)4)10(5,6)11;1-6-9(4,7-2)10(5,11)8-3;1-5-8-10(4,11)9(6-2)7-3;1-5-8(6-2)9(4,10)7-3;1-4-6-8(3,9)7-5-2;1-5-7(4,8)6(2)3;1-4-6-7(3,8)5-2;1-4-6(3,7)5-2/h9-11H,7-8H2,1-6H3;8-10H,7H2,1-6H3;6-9H2,1-5H3;7-9H,1-6H3;6-8H2,1-5H3;9H,5-8H2,1-4H3;8H,5-7H2,1-4H3;4-7H2,1-3H3;6H,5H2,1-4H3;4-6H2,1-3H3;4-5H2,1-3H3/t12-;2*11-;;;10-;;;7-;;/m000..0..0../s1. The minimum Gasteiger partial charge on any atom is -0.244 e. The summed E-state index contributed by atoms with van der Waals surface area (Å²) in [7, 11) is 0. The molecule has 694 valence electrons. The second-order valence-electron chi connectivity index (χ2n) is 39.3. The van der Waals surface area contributed by atoms with E-state index in [4.69, 9.17) is 0 Å². The third-order valence-electron chi connectivity index (χ3n) is 26.5. The summed E-state index contributed by atoms with van der Waals surface area (Å²) < 4.78 is 148. The van der Waals surface area contributed by atoms with E-state index in [2.05, 4.69) is 152 Å². The number of rotatable bonds is 41. The van der Waals surface area contributed by atoms with Crippen LogP contribution in [0, 0.1) is 81.8 Å². The molecule has 3 unspecified atom stereocenters. The molecule has 0 saturated carbocycles. The van der Waals surface area contributed by atoms with Crippen LogP contribution < -0.4 is 0 Å². The molecule has 0 N–H and O–H groups in total. The molecule has 8 atom stereocenters. The molecule has 0 aromatic carbocycles. The van der Waals surface area contributed by atoms with Crippen LogP contribution in [0.15, 0.2) is 0 Å². The van der Waals surface area contributed by atoms with Crippen molar-refractivity contribution >= 4 is 0 Å². The van der Waals surface area contributed by atoms with Crippen LogP contribution in [0.5, 0.6) is 0 Å². The molecule has 0 rings (SSSR count). The Morgan fingerprint density at radius 2 is 0.429 bits per heavy atom. The third kappa shape index (κ3) is 63.2. The maximum absolute atomic E-state index is 14.3. The van der Waals surface area contributed by atoms with Crippen molar-refractivity contribution in [3.63, 3.8) is 0 Å². The van der Waals surface area contributed by atoms with E-state index in [9.17, 15) is 48.3 Å². The molecule has 0 amide bonds. The van der Waals surface area contributed by atoms with Gasteiger partial charge in [0.1, 0.15) is 62.4 Å². The van der Waals surface area contributed by atoms with Crippen LogP contribution in [0.25, 0.3) is 0 Å². The fraction of sp³-hybridized carbons (Fsp3) is 1.00. The Kier molecular flexibility index (Phi) is 80.3. The third-order valence-corrected chi connectivity index (χ3v) is 26.5. The van der Waals surface area contributed by atoms with Crippen molar-refractivity contribution in [2.75, 3.05) is 0 Å². The van der Waals surface area contributed by atoms with E-state index >= 15 is 0 Å². The minimum absolute atomic E-state index is 0.136.